The molecule has 3 N–H and O–H groups in total. The fourth-order valence-electron chi connectivity index (χ4n) is 1.68. The number of nitrogens with zero attached hydrogens (tertiary/aromatic N) is 1. The third kappa shape index (κ3) is 2.85. The SMILES string of the molecule is CC(NC(=O)c1cccc(N)c1)c1cccnc1. The van der Waals surface area contributed by atoms with Crippen LogP contribution in [-0.2, 0) is 0 Å². The molecule has 0 spiro atoms. The Morgan fingerprint density at radius 2 is 2.17 bits per heavy atom. The number of anilines is 1. The van der Waals surface area contributed by atoms with Crippen LogP contribution in [0.2, 0.25) is 0 Å². The van der Waals surface area contributed by atoms with Gasteiger partial charge in [0.1, 0.15) is 0 Å². The first-order valence-corrected chi connectivity index (χ1v) is 5.73. The van der Waals surface area contributed by atoms with E-state index in [0.29, 0.717) is 11.3 Å². The van der Waals surface area contributed by atoms with Crippen molar-refractivity contribution in [2.24, 2.45) is 0 Å². The summed E-state index contributed by atoms with van der Waals surface area (Å²) in [5, 5.41) is 2.91. The molecular weight excluding hydrogens is 226 g/mol. The van der Waals surface area contributed by atoms with Crippen molar-refractivity contribution in [1.82, 2.24) is 10.3 Å². The zero-order chi connectivity index (χ0) is 13.0. The minimum atomic E-state index is -0.140. The first-order valence-electron chi connectivity index (χ1n) is 5.73. The molecule has 0 aliphatic rings. The van der Waals surface area contributed by atoms with Gasteiger partial charge in [0, 0.05) is 23.6 Å². The van der Waals surface area contributed by atoms with Gasteiger partial charge in [-0.3, -0.25) is 9.78 Å². The van der Waals surface area contributed by atoms with E-state index in [1.165, 1.54) is 0 Å². The van der Waals surface area contributed by atoms with Crippen molar-refractivity contribution in [2.45, 2.75) is 13.0 Å². The highest BCUT2D eigenvalue weighted by molar-refractivity contribution is 5.95. The van der Waals surface area contributed by atoms with Gasteiger partial charge in [0.05, 0.1) is 6.04 Å². The lowest BCUT2D eigenvalue weighted by molar-refractivity contribution is 0.0940. The summed E-state index contributed by atoms with van der Waals surface area (Å²) in [5.74, 6) is -0.140. The number of aromatic nitrogens is 1. The highest BCUT2D eigenvalue weighted by Gasteiger charge is 2.11. The van der Waals surface area contributed by atoms with Crippen molar-refractivity contribution < 1.29 is 4.79 Å². The second kappa shape index (κ2) is 5.31. The minimum absolute atomic E-state index is 0.0902. The molecule has 1 amide bonds. The van der Waals surface area contributed by atoms with E-state index in [1.54, 1.807) is 36.7 Å². The summed E-state index contributed by atoms with van der Waals surface area (Å²) in [4.78, 5) is 16.0. The van der Waals surface area contributed by atoms with Gasteiger partial charge in [-0.1, -0.05) is 12.1 Å². The molecule has 18 heavy (non-hydrogen) atoms. The van der Waals surface area contributed by atoms with Crippen molar-refractivity contribution in [3.63, 3.8) is 0 Å². The number of nitrogen functional groups attached to an aromatic ring is 1. The number of carbonyl (C=O) groups is 1. The number of rotatable bonds is 3. The number of carbonyl (C=O) groups excluding carboxylic acids is 1. The summed E-state index contributed by atoms with van der Waals surface area (Å²) >= 11 is 0. The molecule has 1 aromatic heterocycles. The number of pyridine rings is 1. The van der Waals surface area contributed by atoms with Gasteiger partial charge in [-0.05, 0) is 36.8 Å². The molecule has 2 rings (SSSR count). The number of benzene rings is 1. The Kier molecular flexibility index (Phi) is 3.57. The third-order valence-electron chi connectivity index (χ3n) is 2.68. The number of nitrogens with two attached hydrogens (primary N) is 1. The molecule has 0 bridgehead atoms. The van der Waals surface area contributed by atoms with Gasteiger partial charge in [-0.15, -0.1) is 0 Å². The van der Waals surface area contributed by atoms with E-state index in [9.17, 15) is 4.79 Å². The highest BCUT2D eigenvalue weighted by Crippen LogP contribution is 2.12. The van der Waals surface area contributed by atoms with Crippen LogP contribution in [0.1, 0.15) is 28.9 Å². The molecule has 0 saturated carbocycles. The molecule has 0 aliphatic heterocycles. The lowest BCUT2D eigenvalue weighted by atomic mass is 10.1. The smallest absolute Gasteiger partial charge is 0.251 e. The van der Waals surface area contributed by atoms with Crippen LogP contribution < -0.4 is 11.1 Å². The lowest BCUT2D eigenvalue weighted by Crippen LogP contribution is -2.26. The van der Waals surface area contributed by atoms with Crippen LogP contribution in [0, 0.1) is 0 Å². The summed E-state index contributed by atoms with van der Waals surface area (Å²) in [6.45, 7) is 1.92. The average Bonchev–Trinajstić information content (AvgIpc) is 2.39. The Morgan fingerprint density at radius 3 is 2.83 bits per heavy atom. The van der Waals surface area contributed by atoms with Crippen molar-refractivity contribution in [2.75, 3.05) is 5.73 Å². The molecule has 1 heterocycles. The van der Waals surface area contributed by atoms with Crippen LogP contribution in [0.3, 0.4) is 0 Å². The average molecular weight is 241 g/mol. The quantitative estimate of drug-likeness (QED) is 0.809. The molecule has 4 heteroatoms. The van der Waals surface area contributed by atoms with Gasteiger partial charge in [0.2, 0.25) is 0 Å². The number of amides is 1. The van der Waals surface area contributed by atoms with Gasteiger partial charge in [0.15, 0.2) is 0 Å². The maximum absolute atomic E-state index is 12.0. The largest absolute Gasteiger partial charge is 0.399 e. The molecule has 1 aromatic carbocycles. The molecule has 0 radical (unpaired) electrons. The predicted octanol–water partition coefficient (Wildman–Crippen LogP) is 2.15. The van der Waals surface area contributed by atoms with Crippen LogP contribution in [0.15, 0.2) is 48.8 Å². The lowest BCUT2D eigenvalue weighted by Gasteiger charge is -2.14. The van der Waals surface area contributed by atoms with E-state index in [2.05, 4.69) is 10.3 Å². The van der Waals surface area contributed by atoms with Crippen LogP contribution in [0.25, 0.3) is 0 Å². The molecule has 0 aliphatic carbocycles. The molecule has 0 saturated heterocycles. The fraction of sp³-hybridized carbons (Fsp3) is 0.143. The van der Waals surface area contributed by atoms with Crippen molar-refractivity contribution >= 4 is 11.6 Å². The molecule has 1 unspecified atom stereocenters. The second-order valence-electron chi connectivity index (χ2n) is 4.11. The fourth-order valence-corrected chi connectivity index (χ4v) is 1.68. The van der Waals surface area contributed by atoms with Crippen LogP contribution in [0.5, 0.6) is 0 Å². The first-order chi connectivity index (χ1) is 8.66. The topological polar surface area (TPSA) is 68.0 Å². The summed E-state index contributed by atoms with van der Waals surface area (Å²) in [7, 11) is 0. The van der Waals surface area contributed by atoms with E-state index in [1.807, 2.05) is 19.1 Å². The van der Waals surface area contributed by atoms with Crippen LogP contribution in [-0.4, -0.2) is 10.9 Å². The Bertz CT molecular complexity index is 540. The Balaban J connectivity index is 2.08. The zero-order valence-corrected chi connectivity index (χ0v) is 10.1. The van der Waals surface area contributed by atoms with Gasteiger partial charge >= 0.3 is 0 Å². The maximum atomic E-state index is 12.0. The minimum Gasteiger partial charge on any atom is -0.399 e. The van der Waals surface area contributed by atoms with E-state index in [4.69, 9.17) is 5.73 Å². The molecule has 1 atom stereocenters. The monoisotopic (exact) mass is 241 g/mol. The predicted molar refractivity (Wildman–Crippen MR) is 71.0 cm³/mol. The Hall–Kier alpha value is -2.36. The molecule has 2 aromatic rings. The van der Waals surface area contributed by atoms with Gasteiger partial charge < -0.3 is 11.1 Å². The van der Waals surface area contributed by atoms with E-state index in [-0.39, 0.29) is 11.9 Å². The van der Waals surface area contributed by atoms with Crippen molar-refractivity contribution in [1.29, 1.82) is 0 Å². The molecule has 4 nitrogen and oxygen atoms in total. The van der Waals surface area contributed by atoms with E-state index >= 15 is 0 Å². The highest BCUT2D eigenvalue weighted by atomic mass is 16.1. The van der Waals surface area contributed by atoms with Crippen molar-refractivity contribution in [3.8, 4) is 0 Å². The molecule has 92 valence electrons. The Morgan fingerprint density at radius 1 is 1.33 bits per heavy atom. The summed E-state index contributed by atoms with van der Waals surface area (Å²) in [6.07, 6.45) is 3.44. The summed E-state index contributed by atoms with van der Waals surface area (Å²) < 4.78 is 0. The van der Waals surface area contributed by atoms with Gasteiger partial charge in [-0.25, -0.2) is 0 Å². The third-order valence-corrected chi connectivity index (χ3v) is 2.68. The zero-order valence-electron chi connectivity index (χ0n) is 10.1. The number of hydrogen-bond donors (Lipinski definition) is 2. The number of nitrogens with one attached hydrogen (secondary N) is 1. The second-order valence-corrected chi connectivity index (χ2v) is 4.11. The van der Waals surface area contributed by atoms with Crippen molar-refractivity contribution in [3.05, 3.63) is 59.9 Å². The summed E-state index contributed by atoms with van der Waals surface area (Å²) in [6, 6.07) is 10.6. The summed E-state index contributed by atoms with van der Waals surface area (Å²) in [5.41, 5.74) is 7.76. The molecule has 0 fully saturated rings. The number of hydrogen-bond acceptors (Lipinski definition) is 3. The molecular formula is C14H15N3O. The van der Waals surface area contributed by atoms with Crippen LogP contribution >= 0.6 is 0 Å². The maximum Gasteiger partial charge on any atom is 0.251 e. The standard InChI is InChI=1S/C14H15N3O/c1-10(12-5-3-7-16-9-12)17-14(18)11-4-2-6-13(15)8-11/h2-10H,15H2,1H3,(H,17,18). The van der Waals surface area contributed by atoms with Gasteiger partial charge in [0.25, 0.3) is 5.91 Å². The first kappa shape index (κ1) is 12.1. The van der Waals surface area contributed by atoms with Gasteiger partial charge in [-0.2, -0.15) is 0 Å². The normalized spacial score (nSPS) is 11.8. The Labute approximate surface area is 106 Å². The van der Waals surface area contributed by atoms with E-state index in [0.717, 1.165) is 5.56 Å². The van der Waals surface area contributed by atoms with E-state index < -0.39 is 0 Å². The van der Waals surface area contributed by atoms with Crippen LogP contribution in [0.4, 0.5) is 5.69 Å².